The number of rotatable bonds is 4. The number of fused-ring (bicyclic) bond motifs is 2. The molecular weight excluding hydrogens is 407 g/mol. The summed E-state index contributed by atoms with van der Waals surface area (Å²) in [5.74, 6) is 0.684. The topological polar surface area (TPSA) is 61.6 Å². The first-order chi connectivity index (χ1) is 15.0. The van der Waals surface area contributed by atoms with E-state index in [4.69, 9.17) is 5.11 Å². The summed E-state index contributed by atoms with van der Waals surface area (Å²) in [5, 5.41) is 15.8. The molecule has 0 aliphatic carbocycles. The van der Waals surface area contributed by atoms with Crippen LogP contribution in [0, 0.1) is 5.92 Å². The minimum atomic E-state index is 0.0766. The molecule has 2 aromatic rings. The molecule has 0 saturated carbocycles. The second-order valence-corrected chi connectivity index (χ2v) is 10.2. The van der Waals surface area contributed by atoms with Gasteiger partial charge in [-0.3, -0.25) is 9.48 Å². The number of likely N-dealkylation sites (tertiary alicyclic amines) is 1. The van der Waals surface area contributed by atoms with Crippen LogP contribution in [0.3, 0.4) is 0 Å². The van der Waals surface area contributed by atoms with Gasteiger partial charge in [-0.05, 0) is 72.9 Å². The van der Waals surface area contributed by atoms with Crippen molar-refractivity contribution in [3.8, 4) is 0 Å². The lowest BCUT2D eigenvalue weighted by Gasteiger charge is -2.39. The molecule has 1 aromatic carbocycles. The Bertz CT molecular complexity index is 1110. The van der Waals surface area contributed by atoms with Crippen molar-refractivity contribution in [2.24, 2.45) is 13.0 Å². The van der Waals surface area contributed by atoms with Gasteiger partial charge in [-0.1, -0.05) is 20.7 Å². The number of aromatic nitrogens is 2. The van der Waals surface area contributed by atoms with E-state index in [1.807, 2.05) is 35.0 Å². The van der Waals surface area contributed by atoms with Crippen LogP contribution in [-0.4, -0.2) is 62.6 Å². The normalized spacial score (nSPS) is 23.7. The third kappa shape index (κ3) is 4.00. The summed E-state index contributed by atoms with van der Waals surface area (Å²) in [5.41, 5.74) is 4.65. The van der Waals surface area contributed by atoms with Gasteiger partial charge in [0, 0.05) is 37.5 Å². The molecule has 0 bridgehead atoms. The smallest absolute Gasteiger partial charge is 0.252 e. The zero-order valence-electron chi connectivity index (χ0n) is 18.1. The number of nitrogens with zero attached hydrogens (tertiary/aromatic N) is 4. The molecule has 1 N–H and O–H groups in total. The molecule has 5 rings (SSSR count). The van der Waals surface area contributed by atoms with E-state index in [1.54, 1.807) is 0 Å². The van der Waals surface area contributed by atoms with Crippen LogP contribution in [0.25, 0.3) is 16.2 Å². The molecule has 0 radical (unpaired) electrons. The zero-order valence-corrected chi connectivity index (χ0v) is 19.1. The minimum Gasteiger partial charge on any atom is -0.395 e. The quantitative estimate of drug-likeness (QED) is 0.747. The fourth-order valence-corrected chi connectivity index (χ4v) is 6.41. The predicted octanol–water partition coefficient (Wildman–Crippen LogP) is 3.31. The Morgan fingerprint density at radius 2 is 2.03 bits per heavy atom. The molecule has 1 aromatic heterocycles. The molecule has 1 saturated heterocycles. The summed E-state index contributed by atoms with van der Waals surface area (Å²) in [4.78, 5) is 17.4. The van der Waals surface area contributed by atoms with Crippen molar-refractivity contribution in [3.63, 3.8) is 0 Å². The Morgan fingerprint density at radius 3 is 2.81 bits per heavy atom. The second-order valence-electron chi connectivity index (χ2n) is 8.78. The number of aliphatic hydroxyl groups is 1. The van der Waals surface area contributed by atoms with Gasteiger partial charge in [-0.15, -0.1) is 0 Å². The lowest BCUT2D eigenvalue weighted by atomic mass is 9.87. The van der Waals surface area contributed by atoms with Crippen molar-refractivity contribution in [1.82, 2.24) is 19.6 Å². The van der Waals surface area contributed by atoms with Crippen molar-refractivity contribution in [2.75, 3.05) is 26.2 Å². The van der Waals surface area contributed by atoms with Crippen LogP contribution < -0.4 is 0 Å². The van der Waals surface area contributed by atoms with Gasteiger partial charge in [0.25, 0.3) is 5.91 Å². The van der Waals surface area contributed by atoms with Gasteiger partial charge >= 0.3 is 0 Å². The zero-order chi connectivity index (χ0) is 21.5. The fourth-order valence-electron chi connectivity index (χ4n) is 4.93. The van der Waals surface area contributed by atoms with E-state index in [0.29, 0.717) is 14.5 Å². The Hall–Kier alpha value is -2.27. The van der Waals surface area contributed by atoms with Crippen molar-refractivity contribution in [3.05, 3.63) is 59.5 Å². The van der Waals surface area contributed by atoms with E-state index in [9.17, 15) is 4.79 Å². The number of β-amino-alcohol motifs (C(OH)–C–C–N with tert-alkyl or cyclic N) is 1. The summed E-state index contributed by atoms with van der Waals surface area (Å²) < 4.78 is 1.83. The van der Waals surface area contributed by atoms with Crippen LogP contribution in [0.2, 0.25) is 0 Å². The Morgan fingerprint density at radius 1 is 1.23 bits per heavy atom. The van der Waals surface area contributed by atoms with Gasteiger partial charge in [-0.2, -0.15) is 5.10 Å². The highest BCUT2D eigenvalue weighted by Crippen LogP contribution is 2.48. The molecule has 31 heavy (non-hydrogen) atoms. The molecule has 0 spiro atoms. The fraction of sp³-hybridized carbons (Fsp3) is 0.417. The van der Waals surface area contributed by atoms with Crippen molar-refractivity contribution in [1.29, 1.82) is 0 Å². The maximum atomic E-state index is 13.1. The lowest BCUT2D eigenvalue weighted by molar-refractivity contribution is -0.123. The average molecular weight is 436 g/mol. The van der Waals surface area contributed by atoms with Crippen LogP contribution in [0.5, 0.6) is 0 Å². The van der Waals surface area contributed by atoms with Gasteiger partial charge in [0.1, 0.15) is 0 Å². The Balaban J connectivity index is 1.37. The van der Waals surface area contributed by atoms with Gasteiger partial charge < -0.3 is 14.9 Å². The molecule has 162 valence electrons. The summed E-state index contributed by atoms with van der Waals surface area (Å²) in [6.07, 6.45) is 10.4. The number of carbonyl (C=O) groups excluding carboxylic acids is 1. The van der Waals surface area contributed by atoms with Crippen LogP contribution in [0.4, 0.5) is 0 Å². The van der Waals surface area contributed by atoms with Crippen molar-refractivity contribution < 1.29 is 9.90 Å². The molecule has 7 heteroatoms. The SMILES string of the molecule is CC1=CC(C2CCN(CCO)CC2)=CN2C(=O)C=C(c3ccc4nn(C)cc4c3)PC12. The summed E-state index contributed by atoms with van der Waals surface area (Å²) >= 11 is 0. The summed E-state index contributed by atoms with van der Waals surface area (Å²) in [6, 6.07) is 6.27. The number of allylic oxidation sites excluding steroid dienone is 2. The highest BCUT2D eigenvalue weighted by Gasteiger charge is 2.33. The highest BCUT2D eigenvalue weighted by molar-refractivity contribution is 7.51. The highest BCUT2D eigenvalue weighted by atomic mass is 31.1. The first kappa shape index (κ1) is 20.6. The summed E-state index contributed by atoms with van der Waals surface area (Å²) in [6.45, 7) is 5.16. The number of hydrogen-bond donors (Lipinski definition) is 1. The van der Waals surface area contributed by atoms with Crippen LogP contribution in [0.15, 0.2) is 53.9 Å². The van der Waals surface area contributed by atoms with E-state index >= 15 is 0 Å². The average Bonchev–Trinajstić information content (AvgIpc) is 3.14. The number of aryl methyl sites for hydroxylation is 1. The number of benzene rings is 1. The van der Waals surface area contributed by atoms with E-state index in [1.165, 1.54) is 11.1 Å². The monoisotopic (exact) mass is 436 g/mol. The number of piperidine rings is 1. The third-order valence-corrected chi connectivity index (χ3v) is 8.36. The van der Waals surface area contributed by atoms with E-state index in [-0.39, 0.29) is 18.3 Å². The van der Waals surface area contributed by atoms with Gasteiger partial charge in [0.2, 0.25) is 0 Å². The standard InChI is InChI=1S/C24H29N4O2P/c1-16-11-19(17-5-7-27(8-6-17)9-10-29)15-28-23(30)13-22(31-24(16)28)18-3-4-21-20(12-18)14-26(2)25-21/h3-4,11-15,17,24,29,31H,5-10H2,1-2H3. The lowest BCUT2D eigenvalue weighted by Crippen LogP contribution is -2.40. The summed E-state index contributed by atoms with van der Waals surface area (Å²) in [7, 11) is 2.46. The first-order valence-corrected chi connectivity index (χ1v) is 12.1. The van der Waals surface area contributed by atoms with Gasteiger partial charge in [0.05, 0.1) is 17.9 Å². The number of aliphatic hydroxyl groups excluding tert-OH is 1. The third-order valence-electron chi connectivity index (χ3n) is 6.61. The van der Waals surface area contributed by atoms with Crippen LogP contribution in [-0.2, 0) is 11.8 Å². The van der Waals surface area contributed by atoms with Crippen molar-refractivity contribution in [2.45, 2.75) is 25.5 Å². The molecule has 3 aliphatic rings. The van der Waals surface area contributed by atoms with Gasteiger partial charge in [-0.25, -0.2) is 0 Å². The van der Waals surface area contributed by atoms with E-state index in [2.05, 4.69) is 41.3 Å². The Kier molecular flexibility index (Phi) is 5.55. The molecule has 2 unspecified atom stereocenters. The van der Waals surface area contributed by atoms with Crippen molar-refractivity contribution >= 4 is 30.7 Å². The molecule has 6 nitrogen and oxygen atoms in total. The molecule has 2 atom stereocenters. The molecule has 3 aliphatic heterocycles. The molecule has 1 fully saturated rings. The van der Waals surface area contributed by atoms with E-state index < -0.39 is 0 Å². The predicted molar refractivity (Wildman–Crippen MR) is 126 cm³/mol. The molecular formula is C24H29N4O2P. The molecule has 1 amide bonds. The number of hydrogen-bond acceptors (Lipinski definition) is 4. The van der Waals surface area contributed by atoms with Crippen LogP contribution in [0.1, 0.15) is 25.3 Å². The van der Waals surface area contributed by atoms with E-state index in [0.717, 1.165) is 54.3 Å². The Labute approximate surface area is 184 Å². The minimum absolute atomic E-state index is 0.0766. The molecule has 4 heterocycles. The first-order valence-electron chi connectivity index (χ1n) is 11.0. The maximum absolute atomic E-state index is 13.1. The maximum Gasteiger partial charge on any atom is 0.252 e. The van der Waals surface area contributed by atoms with Crippen LogP contribution >= 0.6 is 8.58 Å². The van der Waals surface area contributed by atoms with Gasteiger partial charge in [0.15, 0.2) is 0 Å². The second kappa shape index (κ2) is 8.34. The number of amides is 1. The largest absolute Gasteiger partial charge is 0.395 e. The number of carbonyl (C=O) groups is 1.